The molecule has 2 fully saturated rings. The van der Waals surface area contributed by atoms with E-state index in [9.17, 15) is 9.59 Å². The van der Waals surface area contributed by atoms with E-state index in [1.807, 2.05) is 52.7 Å². The standard InChI is InChI=1S/C22H34N8O2/c1-25(17-7-15-29(21(17)31)19-9-13-27(3)23-19)11-5-6-12-26(2)18-8-16-30(22(18)32)20-10-14-28(4)24-20/h9-10,13-14,17-18H,5-8,11-12,15-16H2,1-4H3. The molecule has 0 spiro atoms. The number of nitrogens with zero attached hydrogens (tertiary/aromatic N) is 8. The summed E-state index contributed by atoms with van der Waals surface area (Å²) in [4.78, 5) is 33.6. The van der Waals surface area contributed by atoms with Gasteiger partial charge in [0.2, 0.25) is 11.8 Å². The van der Waals surface area contributed by atoms with Crippen molar-refractivity contribution in [2.24, 2.45) is 14.1 Å². The highest BCUT2D eigenvalue weighted by Crippen LogP contribution is 2.24. The van der Waals surface area contributed by atoms with E-state index in [0.717, 1.165) is 50.4 Å². The molecule has 174 valence electrons. The number of hydrogen-bond acceptors (Lipinski definition) is 6. The Labute approximate surface area is 189 Å². The molecular formula is C22H34N8O2. The van der Waals surface area contributed by atoms with E-state index in [1.165, 1.54) is 0 Å². The maximum Gasteiger partial charge on any atom is 0.245 e. The Kier molecular flexibility index (Phi) is 6.61. The highest BCUT2D eigenvalue weighted by molar-refractivity contribution is 5.99. The average molecular weight is 443 g/mol. The van der Waals surface area contributed by atoms with Gasteiger partial charge in [0.05, 0.1) is 12.1 Å². The van der Waals surface area contributed by atoms with Crippen molar-refractivity contribution in [1.82, 2.24) is 29.4 Å². The zero-order valence-corrected chi connectivity index (χ0v) is 19.5. The molecular weight excluding hydrogens is 408 g/mol. The zero-order chi connectivity index (χ0) is 22.8. The monoisotopic (exact) mass is 442 g/mol. The van der Waals surface area contributed by atoms with Gasteiger partial charge in [-0.05, 0) is 52.9 Å². The third-order valence-corrected chi connectivity index (χ3v) is 6.64. The quantitative estimate of drug-likeness (QED) is 0.532. The van der Waals surface area contributed by atoms with Gasteiger partial charge in [0.25, 0.3) is 0 Å². The number of likely N-dealkylation sites (N-methyl/N-ethyl adjacent to an activating group) is 2. The first-order valence-electron chi connectivity index (χ1n) is 11.4. The highest BCUT2D eigenvalue weighted by Gasteiger charge is 2.37. The SMILES string of the molecule is CN(CCCCN(C)C1CCN(c2ccn(C)n2)C1=O)C1CCN(c2ccn(C)n2)C1=O. The van der Waals surface area contributed by atoms with Crippen LogP contribution in [0.15, 0.2) is 24.5 Å². The van der Waals surface area contributed by atoms with Gasteiger partial charge in [-0.15, -0.1) is 0 Å². The molecule has 4 heterocycles. The molecule has 2 aliphatic rings. The average Bonchev–Trinajstić information content (AvgIpc) is 3.53. The molecule has 0 saturated carbocycles. The molecule has 4 rings (SSSR count). The molecule has 0 bridgehead atoms. The Morgan fingerprint density at radius 1 is 0.812 bits per heavy atom. The third kappa shape index (κ3) is 4.56. The molecule has 2 aliphatic heterocycles. The van der Waals surface area contributed by atoms with Gasteiger partial charge in [0.1, 0.15) is 0 Å². The Morgan fingerprint density at radius 2 is 1.22 bits per heavy atom. The summed E-state index contributed by atoms with van der Waals surface area (Å²) in [6, 6.07) is 3.60. The van der Waals surface area contributed by atoms with Crippen LogP contribution < -0.4 is 9.80 Å². The summed E-state index contributed by atoms with van der Waals surface area (Å²) >= 11 is 0. The first-order chi connectivity index (χ1) is 15.3. The van der Waals surface area contributed by atoms with Crippen molar-refractivity contribution < 1.29 is 9.59 Å². The van der Waals surface area contributed by atoms with Gasteiger partial charge in [-0.25, -0.2) is 0 Å². The van der Waals surface area contributed by atoms with Crippen LogP contribution in [0.4, 0.5) is 11.6 Å². The number of rotatable bonds is 9. The van der Waals surface area contributed by atoms with Crippen molar-refractivity contribution in [2.45, 2.75) is 37.8 Å². The Hall–Kier alpha value is -2.72. The minimum atomic E-state index is -0.0851. The van der Waals surface area contributed by atoms with E-state index in [-0.39, 0.29) is 23.9 Å². The summed E-state index contributed by atoms with van der Waals surface area (Å²) in [5, 5.41) is 8.73. The van der Waals surface area contributed by atoms with Crippen LogP contribution in [0.3, 0.4) is 0 Å². The molecule has 0 radical (unpaired) electrons. The van der Waals surface area contributed by atoms with Gasteiger partial charge in [-0.3, -0.25) is 38.6 Å². The van der Waals surface area contributed by atoms with Crippen molar-refractivity contribution in [2.75, 3.05) is 50.1 Å². The summed E-state index contributed by atoms with van der Waals surface area (Å²) < 4.78 is 3.45. The number of unbranched alkanes of at least 4 members (excludes halogenated alkanes) is 1. The van der Waals surface area contributed by atoms with Gasteiger partial charge in [0, 0.05) is 51.7 Å². The maximum absolute atomic E-state index is 12.8. The number of carbonyl (C=O) groups is 2. The number of hydrogen-bond donors (Lipinski definition) is 0. The lowest BCUT2D eigenvalue weighted by atomic mass is 10.2. The van der Waals surface area contributed by atoms with Crippen LogP contribution in [-0.2, 0) is 23.7 Å². The highest BCUT2D eigenvalue weighted by atomic mass is 16.2. The van der Waals surface area contributed by atoms with E-state index in [0.29, 0.717) is 13.1 Å². The lowest BCUT2D eigenvalue weighted by molar-refractivity contribution is -0.122. The molecule has 0 aliphatic carbocycles. The minimum Gasteiger partial charge on any atom is -0.295 e. The summed E-state index contributed by atoms with van der Waals surface area (Å²) in [6.07, 6.45) is 7.34. The van der Waals surface area contributed by atoms with Crippen LogP contribution in [0.2, 0.25) is 0 Å². The molecule has 2 amide bonds. The second kappa shape index (κ2) is 9.41. The lowest BCUT2D eigenvalue weighted by Crippen LogP contribution is -2.41. The largest absolute Gasteiger partial charge is 0.295 e. The summed E-state index contributed by atoms with van der Waals surface area (Å²) in [5.74, 6) is 1.73. The van der Waals surface area contributed by atoms with Crippen molar-refractivity contribution >= 4 is 23.5 Å². The van der Waals surface area contributed by atoms with Gasteiger partial charge >= 0.3 is 0 Å². The number of carbonyl (C=O) groups excluding carboxylic acids is 2. The zero-order valence-electron chi connectivity index (χ0n) is 19.5. The fourth-order valence-corrected chi connectivity index (χ4v) is 4.73. The summed E-state index contributed by atoms with van der Waals surface area (Å²) in [7, 11) is 7.78. The smallest absolute Gasteiger partial charge is 0.245 e. The van der Waals surface area contributed by atoms with Crippen molar-refractivity contribution in [3.05, 3.63) is 24.5 Å². The summed E-state index contributed by atoms with van der Waals surface area (Å²) in [6.45, 7) is 3.15. The van der Waals surface area contributed by atoms with E-state index in [1.54, 1.807) is 19.2 Å². The predicted molar refractivity (Wildman–Crippen MR) is 122 cm³/mol. The van der Waals surface area contributed by atoms with Gasteiger partial charge in [-0.2, -0.15) is 10.2 Å². The van der Waals surface area contributed by atoms with E-state index >= 15 is 0 Å². The lowest BCUT2D eigenvalue weighted by Gasteiger charge is -2.25. The van der Waals surface area contributed by atoms with Gasteiger partial charge in [-0.1, -0.05) is 0 Å². The second-order valence-electron chi connectivity index (χ2n) is 8.95. The van der Waals surface area contributed by atoms with Crippen LogP contribution in [0.25, 0.3) is 0 Å². The molecule has 10 heteroatoms. The topological polar surface area (TPSA) is 82.7 Å². The molecule has 2 unspecified atom stereocenters. The Bertz CT molecular complexity index is 877. The molecule has 2 atom stereocenters. The fourth-order valence-electron chi connectivity index (χ4n) is 4.73. The molecule has 0 N–H and O–H groups in total. The molecule has 0 aromatic carbocycles. The van der Waals surface area contributed by atoms with Crippen LogP contribution >= 0.6 is 0 Å². The van der Waals surface area contributed by atoms with Crippen molar-refractivity contribution in [3.63, 3.8) is 0 Å². The third-order valence-electron chi connectivity index (χ3n) is 6.64. The van der Waals surface area contributed by atoms with Crippen molar-refractivity contribution in [1.29, 1.82) is 0 Å². The Balaban J connectivity index is 1.20. The Morgan fingerprint density at radius 3 is 1.56 bits per heavy atom. The van der Waals surface area contributed by atoms with Crippen LogP contribution in [-0.4, -0.2) is 93.5 Å². The number of aromatic nitrogens is 4. The second-order valence-corrected chi connectivity index (χ2v) is 8.95. The number of aryl methyl sites for hydroxylation is 2. The molecule has 10 nitrogen and oxygen atoms in total. The number of anilines is 2. The molecule has 2 aromatic rings. The maximum atomic E-state index is 12.8. The normalized spacial score (nSPS) is 21.7. The number of amides is 2. The first kappa shape index (κ1) is 22.5. The molecule has 2 saturated heterocycles. The minimum absolute atomic E-state index is 0.0851. The molecule has 32 heavy (non-hydrogen) atoms. The van der Waals surface area contributed by atoms with E-state index < -0.39 is 0 Å². The van der Waals surface area contributed by atoms with Gasteiger partial charge < -0.3 is 0 Å². The van der Waals surface area contributed by atoms with Crippen molar-refractivity contribution in [3.8, 4) is 0 Å². The van der Waals surface area contributed by atoms with Gasteiger partial charge in [0.15, 0.2) is 11.6 Å². The summed E-state index contributed by atoms with van der Waals surface area (Å²) in [5.41, 5.74) is 0. The fraction of sp³-hybridized carbons (Fsp3) is 0.636. The van der Waals surface area contributed by atoms with E-state index in [2.05, 4.69) is 20.0 Å². The van der Waals surface area contributed by atoms with E-state index in [4.69, 9.17) is 0 Å². The molecule has 2 aromatic heterocycles. The first-order valence-corrected chi connectivity index (χ1v) is 11.4. The van der Waals surface area contributed by atoms with Crippen LogP contribution in [0, 0.1) is 0 Å². The van der Waals surface area contributed by atoms with Crippen LogP contribution in [0.1, 0.15) is 25.7 Å². The van der Waals surface area contributed by atoms with Crippen LogP contribution in [0.5, 0.6) is 0 Å². The predicted octanol–water partition coefficient (Wildman–Crippen LogP) is 0.708.